The molecule has 0 saturated heterocycles. The van der Waals surface area contributed by atoms with Crippen molar-refractivity contribution in [3.63, 3.8) is 0 Å². The van der Waals surface area contributed by atoms with Gasteiger partial charge in [-0.25, -0.2) is 8.78 Å². The van der Waals surface area contributed by atoms with Crippen LogP contribution in [0.5, 0.6) is 0 Å². The highest BCUT2D eigenvalue weighted by Crippen LogP contribution is 2.46. The molecule has 6 aromatic carbocycles. The Kier molecular flexibility index (Phi) is 7.48. The summed E-state index contributed by atoms with van der Waals surface area (Å²) in [6.07, 6.45) is -4.86. The molecule has 2 heterocycles. The van der Waals surface area contributed by atoms with Crippen molar-refractivity contribution < 1.29 is 22.0 Å². The summed E-state index contributed by atoms with van der Waals surface area (Å²) in [5, 5.41) is 3.66. The van der Waals surface area contributed by atoms with Crippen LogP contribution in [-0.2, 0) is 17.0 Å². The van der Waals surface area contributed by atoms with Gasteiger partial charge in [0.05, 0.1) is 39.0 Å². The van der Waals surface area contributed by atoms with Crippen LogP contribution in [0.25, 0.3) is 66.1 Å². The summed E-state index contributed by atoms with van der Waals surface area (Å²) >= 11 is 0. The van der Waals surface area contributed by atoms with Crippen LogP contribution >= 0.6 is 0 Å². The fourth-order valence-corrected chi connectivity index (χ4v) is 7.51. The first kappa shape index (κ1) is 33.7. The van der Waals surface area contributed by atoms with Crippen molar-refractivity contribution in [2.45, 2.75) is 58.5 Å². The number of alkyl halides is 3. The Hall–Kier alpha value is -5.43. The fourth-order valence-electron chi connectivity index (χ4n) is 7.51. The van der Waals surface area contributed by atoms with Crippen LogP contribution in [0.4, 0.5) is 22.0 Å². The predicted octanol–water partition coefficient (Wildman–Crippen LogP) is 13.4. The van der Waals surface area contributed by atoms with Crippen molar-refractivity contribution in [1.29, 1.82) is 0 Å². The van der Waals surface area contributed by atoms with Crippen LogP contribution in [0, 0.1) is 11.6 Å². The first-order valence-electron chi connectivity index (χ1n) is 17.3. The molecule has 0 amide bonds. The highest BCUT2D eigenvalue weighted by atomic mass is 19.4. The molecule has 262 valence electrons. The van der Waals surface area contributed by atoms with Gasteiger partial charge in [0.25, 0.3) is 0 Å². The Labute approximate surface area is 298 Å². The quantitative estimate of drug-likeness (QED) is 0.162. The van der Waals surface area contributed by atoms with E-state index in [0.717, 1.165) is 72.9 Å². The number of hydrogen-bond donors (Lipinski definition) is 0. The highest BCUT2D eigenvalue weighted by Gasteiger charge is 2.36. The number of para-hydroxylation sites is 2. The molecule has 7 heteroatoms. The number of hydrogen-bond acceptors (Lipinski definition) is 0. The van der Waals surface area contributed by atoms with Gasteiger partial charge >= 0.3 is 6.18 Å². The molecule has 0 N–H and O–H groups in total. The van der Waals surface area contributed by atoms with Gasteiger partial charge in [0.1, 0.15) is 11.6 Å². The van der Waals surface area contributed by atoms with Crippen LogP contribution in [0.1, 0.15) is 58.2 Å². The molecule has 0 atom stereocenters. The number of benzene rings is 6. The van der Waals surface area contributed by atoms with Gasteiger partial charge < -0.3 is 9.13 Å². The Morgan fingerprint density at radius 1 is 0.442 bits per heavy atom. The second-order valence-corrected chi connectivity index (χ2v) is 15.7. The molecule has 0 aliphatic carbocycles. The highest BCUT2D eigenvalue weighted by molar-refractivity contribution is 6.12. The minimum atomic E-state index is -4.86. The van der Waals surface area contributed by atoms with Gasteiger partial charge in [0.15, 0.2) is 0 Å². The second-order valence-electron chi connectivity index (χ2n) is 15.7. The smallest absolute Gasteiger partial charge is 0.307 e. The zero-order chi connectivity index (χ0) is 36.9. The number of halogens is 5. The number of fused-ring (bicyclic) bond motifs is 6. The van der Waals surface area contributed by atoms with E-state index in [9.17, 15) is 8.78 Å². The van der Waals surface area contributed by atoms with Crippen molar-refractivity contribution in [2.75, 3.05) is 0 Å². The second kappa shape index (κ2) is 11.5. The van der Waals surface area contributed by atoms with Crippen LogP contribution < -0.4 is 0 Å². The molecule has 0 fully saturated rings. The van der Waals surface area contributed by atoms with Gasteiger partial charge in [-0.3, -0.25) is 0 Å². The largest absolute Gasteiger partial charge is 0.417 e. The normalized spacial score (nSPS) is 12.9. The van der Waals surface area contributed by atoms with E-state index >= 15 is 13.2 Å². The van der Waals surface area contributed by atoms with Crippen LogP contribution in [0.2, 0.25) is 0 Å². The maximum Gasteiger partial charge on any atom is 0.417 e. The summed E-state index contributed by atoms with van der Waals surface area (Å²) in [5.74, 6) is -1.92. The Balaban J connectivity index is 1.62. The van der Waals surface area contributed by atoms with E-state index < -0.39 is 23.4 Å². The minimum absolute atomic E-state index is 0.203. The summed E-state index contributed by atoms with van der Waals surface area (Å²) < 4.78 is 79.5. The summed E-state index contributed by atoms with van der Waals surface area (Å²) in [7, 11) is 0. The third-order valence-electron chi connectivity index (χ3n) is 10.2. The monoisotopic (exact) mass is 700 g/mol. The van der Waals surface area contributed by atoms with Gasteiger partial charge in [-0.15, -0.1) is 0 Å². The maximum atomic E-state index is 15.4. The zero-order valence-corrected chi connectivity index (χ0v) is 29.8. The molecule has 0 radical (unpaired) electrons. The minimum Gasteiger partial charge on any atom is -0.307 e. The van der Waals surface area contributed by atoms with E-state index in [1.54, 1.807) is 0 Å². The zero-order valence-electron chi connectivity index (χ0n) is 29.8. The predicted molar refractivity (Wildman–Crippen MR) is 203 cm³/mol. The van der Waals surface area contributed by atoms with E-state index in [0.29, 0.717) is 11.8 Å². The number of aromatic nitrogens is 2. The van der Waals surface area contributed by atoms with Crippen LogP contribution in [0.3, 0.4) is 0 Å². The maximum absolute atomic E-state index is 15.4. The first-order valence-corrected chi connectivity index (χ1v) is 17.3. The van der Waals surface area contributed by atoms with Gasteiger partial charge in [0, 0.05) is 27.6 Å². The molecular weight excluding hydrogens is 663 g/mol. The molecule has 8 aromatic rings. The molecule has 0 aliphatic rings. The average Bonchev–Trinajstić information content (AvgIpc) is 3.58. The van der Waals surface area contributed by atoms with Crippen molar-refractivity contribution >= 4 is 43.6 Å². The summed E-state index contributed by atoms with van der Waals surface area (Å²) in [6, 6.07) is 33.1. The lowest BCUT2D eigenvalue weighted by Gasteiger charge is -2.24. The SMILES string of the molecule is CC(C)(C)c1ccc2c3ccccc3n(-c3cc(-c4cc(F)cc(F)c4)c(C(F)(F)F)cc3-n3c4ccccc4c4ccc(C(C)(C)C)cc43)c2c1. The molecule has 2 aromatic heterocycles. The molecule has 0 saturated carbocycles. The van der Waals surface area contributed by atoms with Crippen molar-refractivity contribution in [1.82, 2.24) is 9.13 Å². The molecule has 0 spiro atoms. The first-order chi connectivity index (χ1) is 24.5. The summed E-state index contributed by atoms with van der Waals surface area (Å²) in [4.78, 5) is 0. The van der Waals surface area contributed by atoms with Crippen molar-refractivity contribution in [2.24, 2.45) is 0 Å². The molecule has 0 unspecified atom stereocenters. The van der Waals surface area contributed by atoms with Crippen molar-refractivity contribution in [3.8, 4) is 22.5 Å². The molecule has 2 nitrogen and oxygen atoms in total. The molecule has 52 heavy (non-hydrogen) atoms. The van der Waals surface area contributed by atoms with E-state index in [1.807, 2.05) is 63.7 Å². The lowest BCUT2D eigenvalue weighted by atomic mass is 9.86. The Morgan fingerprint density at radius 3 is 1.31 bits per heavy atom. The lowest BCUT2D eigenvalue weighted by Crippen LogP contribution is -2.13. The molecule has 0 aliphatic heterocycles. The van der Waals surface area contributed by atoms with Crippen molar-refractivity contribution in [3.05, 3.63) is 144 Å². The Bertz CT molecular complexity index is 2690. The third-order valence-corrected chi connectivity index (χ3v) is 10.2. The standard InChI is InChI=1S/C45H37F5N2/c1-43(2,3)27-15-17-33-31-11-7-9-13-37(31)51(39(33)21-27)41-24-35(26-19-29(46)23-30(47)20-26)36(45(48,49)50)25-42(41)52-38-14-10-8-12-32(38)34-18-16-28(22-40(34)52)44(4,5)6/h7-25H,1-6H3. The third kappa shape index (κ3) is 5.45. The van der Waals surface area contributed by atoms with Gasteiger partial charge in [-0.1, -0.05) is 102 Å². The van der Waals surface area contributed by atoms with E-state index in [1.165, 1.54) is 6.07 Å². The number of rotatable bonds is 3. The summed E-state index contributed by atoms with van der Waals surface area (Å²) in [6.45, 7) is 12.7. The fraction of sp³-hybridized carbons (Fsp3) is 0.200. The molecule has 8 rings (SSSR count). The van der Waals surface area contributed by atoms with Crippen LogP contribution in [0.15, 0.2) is 115 Å². The number of nitrogens with zero attached hydrogens (tertiary/aromatic N) is 2. The Morgan fingerprint density at radius 2 is 0.865 bits per heavy atom. The van der Waals surface area contributed by atoms with E-state index in [2.05, 4.69) is 71.9 Å². The topological polar surface area (TPSA) is 9.86 Å². The lowest BCUT2D eigenvalue weighted by molar-refractivity contribution is -0.137. The molecular formula is C45H37F5N2. The summed E-state index contributed by atoms with van der Waals surface area (Å²) in [5.41, 5.74) is 3.91. The van der Waals surface area contributed by atoms with Gasteiger partial charge in [-0.2, -0.15) is 13.2 Å². The van der Waals surface area contributed by atoms with Crippen LogP contribution in [-0.4, -0.2) is 9.13 Å². The van der Waals surface area contributed by atoms with E-state index in [-0.39, 0.29) is 27.6 Å². The van der Waals surface area contributed by atoms with Gasteiger partial charge in [0.2, 0.25) is 0 Å². The van der Waals surface area contributed by atoms with Gasteiger partial charge in [-0.05, 0) is 81.6 Å². The van der Waals surface area contributed by atoms with E-state index in [4.69, 9.17) is 0 Å². The average molecular weight is 701 g/mol. The molecule has 0 bridgehead atoms.